The van der Waals surface area contributed by atoms with Crippen LogP contribution in [-0.2, 0) is 13.6 Å². The van der Waals surface area contributed by atoms with Crippen molar-refractivity contribution in [2.24, 2.45) is 7.05 Å². The Hall–Kier alpha value is -4.18. The molecule has 31 heavy (non-hydrogen) atoms. The van der Waals surface area contributed by atoms with Crippen LogP contribution in [0.25, 0.3) is 22.2 Å². The number of anilines is 3. The summed E-state index contributed by atoms with van der Waals surface area (Å²) in [4.78, 5) is 13.2. The van der Waals surface area contributed by atoms with Crippen LogP contribution in [0, 0.1) is 0 Å². The number of benzene rings is 1. The first-order valence-corrected chi connectivity index (χ1v) is 9.78. The highest BCUT2D eigenvalue weighted by Crippen LogP contribution is 2.27. The van der Waals surface area contributed by atoms with Crippen molar-refractivity contribution >= 4 is 28.5 Å². The molecule has 0 saturated carbocycles. The summed E-state index contributed by atoms with van der Waals surface area (Å²) in [6, 6.07) is 10.0. The highest BCUT2D eigenvalue weighted by atomic mass is 16.3. The number of hydrogen-bond donors (Lipinski definition) is 3. The molecule has 0 radical (unpaired) electrons. The third-order valence-corrected chi connectivity index (χ3v) is 4.92. The van der Waals surface area contributed by atoms with Crippen LogP contribution in [0.15, 0.2) is 67.6 Å². The zero-order valence-corrected chi connectivity index (χ0v) is 16.8. The van der Waals surface area contributed by atoms with Crippen LogP contribution in [0.3, 0.4) is 0 Å². The van der Waals surface area contributed by atoms with Gasteiger partial charge in [-0.25, -0.2) is 19.6 Å². The number of aliphatic hydroxyl groups excluding tert-OH is 1. The number of nitrogens with zero attached hydrogens (tertiary/aromatic N) is 7. The maximum atomic E-state index is 9.21. The standard InChI is InChI=1S/C21H21N9O/c1-28-13-16(12-25-28)15-3-2-4-17(11-15)26-19-18-5-7-30(20(18)24-14-23-19)27-21-22-6-8-29(21)9-10-31/h2-8,11-14,31H,9-10H2,1H3,(H,22,27)(H,23,24,26). The van der Waals surface area contributed by atoms with Gasteiger partial charge in [-0.15, -0.1) is 0 Å². The van der Waals surface area contributed by atoms with Gasteiger partial charge in [-0.1, -0.05) is 12.1 Å². The fourth-order valence-electron chi connectivity index (χ4n) is 3.44. The predicted octanol–water partition coefficient (Wildman–Crippen LogP) is 2.64. The molecule has 0 aliphatic rings. The minimum Gasteiger partial charge on any atom is -0.395 e. The Labute approximate surface area is 177 Å². The Morgan fingerprint density at radius 2 is 2.00 bits per heavy atom. The third kappa shape index (κ3) is 3.71. The van der Waals surface area contributed by atoms with E-state index in [1.54, 1.807) is 15.6 Å². The normalized spacial score (nSPS) is 11.2. The molecule has 10 nitrogen and oxygen atoms in total. The Balaban J connectivity index is 1.43. The third-order valence-electron chi connectivity index (χ3n) is 4.92. The molecule has 4 heterocycles. The van der Waals surface area contributed by atoms with E-state index in [1.165, 1.54) is 6.33 Å². The average Bonchev–Trinajstić information content (AvgIpc) is 3.51. The molecule has 4 aromatic heterocycles. The zero-order chi connectivity index (χ0) is 21.2. The van der Waals surface area contributed by atoms with Crippen LogP contribution in [0.5, 0.6) is 0 Å². The summed E-state index contributed by atoms with van der Waals surface area (Å²) in [6.45, 7) is 0.489. The molecule has 1 aromatic carbocycles. The molecular formula is C21H21N9O. The van der Waals surface area contributed by atoms with E-state index < -0.39 is 0 Å². The minimum absolute atomic E-state index is 0.0335. The van der Waals surface area contributed by atoms with Gasteiger partial charge in [-0.05, 0) is 23.8 Å². The highest BCUT2D eigenvalue weighted by molar-refractivity contribution is 5.89. The van der Waals surface area contributed by atoms with Gasteiger partial charge in [0.2, 0.25) is 5.95 Å². The van der Waals surface area contributed by atoms with Crippen molar-refractivity contribution in [2.45, 2.75) is 6.54 Å². The van der Waals surface area contributed by atoms with Gasteiger partial charge in [-0.3, -0.25) is 10.1 Å². The van der Waals surface area contributed by atoms with Gasteiger partial charge in [0, 0.05) is 49.6 Å². The zero-order valence-electron chi connectivity index (χ0n) is 16.8. The molecule has 0 saturated heterocycles. The number of imidazole rings is 1. The fraction of sp³-hybridized carbons (Fsp3) is 0.143. The highest BCUT2D eigenvalue weighted by Gasteiger charge is 2.11. The van der Waals surface area contributed by atoms with Crippen LogP contribution in [0.1, 0.15) is 0 Å². The number of rotatable bonds is 7. The smallest absolute Gasteiger partial charge is 0.222 e. The molecule has 0 aliphatic heterocycles. The molecule has 10 heteroatoms. The largest absolute Gasteiger partial charge is 0.395 e. The molecule has 0 atom stereocenters. The van der Waals surface area contributed by atoms with E-state index in [2.05, 4.69) is 36.9 Å². The molecule has 5 rings (SSSR count). The fourth-order valence-corrected chi connectivity index (χ4v) is 3.44. The molecule has 3 N–H and O–H groups in total. The number of aryl methyl sites for hydroxylation is 1. The van der Waals surface area contributed by atoms with Crippen molar-refractivity contribution in [1.29, 1.82) is 0 Å². The average molecular weight is 415 g/mol. The summed E-state index contributed by atoms with van der Waals surface area (Å²) in [5.74, 6) is 1.32. The van der Waals surface area contributed by atoms with Gasteiger partial charge in [0.25, 0.3) is 0 Å². The molecule has 0 aliphatic carbocycles. The maximum absolute atomic E-state index is 9.21. The van der Waals surface area contributed by atoms with E-state index in [9.17, 15) is 5.11 Å². The second-order valence-electron chi connectivity index (χ2n) is 7.03. The minimum atomic E-state index is 0.0335. The number of aromatic nitrogens is 7. The first kappa shape index (κ1) is 18.8. The number of fused-ring (bicyclic) bond motifs is 1. The van der Waals surface area contributed by atoms with Crippen LogP contribution in [0.4, 0.5) is 17.5 Å². The van der Waals surface area contributed by atoms with Crippen LogP contribution >= 0.6 is 0 Å². The van der Waals surface area contributed by atoms with E-state index in [0.29, 0.717) is 24.0 Å². The second kappa shape index (κ2) is 7.92. The van der Waals surface area contributed by atoms with Gasteiger partial charge in [0.15, 0.2) is 5.65 Å². The van der Waals surface area contributed by atoms with E-state index in [4.69, 9.17) is 0 Å². The van der Waals surface area contributed by atoms with Crippen molar-refractivity contribution < 1.29 is 5.11 Å². The van der Waals surface area contributed by atoms with Crippen molar-refractivity contribution in [3.8, 4) is 11.1 Å². The van der Waals surface area contributed by atoms with E-state index in [-0.39, 0.29) is 6.61 Å². The second-order valence-corrected chi connectivity index (χ2v) is 7.03. The Kier molecular flexibility index (Phi) is 4.81. The lowest BCUT2D eigenvalue weighted by molar-refractivity contribution is 0.276. The van der Waals surface area contributed by atoms with Gasteiger partial charge < -0.3 is 15.0 Å². The summed E-state index contributed by atoms with van der Waals surface area (Å²) in [6.07, 6.45) is 10.7. The van der Waals surface area contributed by atoms with Gasteiger partial charge >= 0.3 is 0 Å². The molecule has 156 valence electrons. The predicted molar refractivity (Wildman–Crippen MR) is 118 cm³/mol. The quantitative estimate of drug-likeness (QED) is 0.375. The Bertz CT molecular complexity index is 1330. The van der Waals surface area contributed by atoms with Crippen LogP contribution in [0.2, 0.25) is 0 Å². The van der Waals surface area contributed by atoms with E-state index in [1.807, 2.05) is 60.7 Å². The lowest BCUT2D eigenvalue weighted by Gasteiger charge is -2.11. The first-order chi connectivity index (χ1) is 15.2. The number of hydrogen-bond acceptors (Lipinski definition) is 7. The van der Waals surface area contributed by atoms with Gasteiger partial charge in [0.05, 0.1) is 18.2 Å². The van der Waals surface area contributed by atoms with Crippen molar-refractivity contribution in [3.05, 3.63) is 67.6 Å². The van der Waals surface area contributed by atoms with Gasteiger partial charge in [-0.2, -0.15) is 5.10 Å². The molecule has 0 amide bonds. The summed E-state index contributed by atoms with van der Waals surface area (Å²) in [5, 5.41) is 17.7. The van der Waals surface area contributed by atoms with Crippen molar-refractivity contribution in [2.75, 3.05) is 17.3 Å². The molecule has 0 spiro atoms. The van der Waals surface area contributed by atoms with E-state index >= 15 is 0 Å². The van der Waals surface area contributed by atoms with E-state index in [0.717, 1.165) is 22.2 Å². The molecule has 0 unspecified atom stereocenters. The van der Waals surface area contributed by atoms with Crippen molar-refractivity contribution in [3.63, 3.8) is 0 Å². The summed E-state index contributed by atoms with van der Waals surface area (Å²) >= 11 is 0. The summed E-state index contributed by atoms with van der Waals surface area (Å²) in [7, 11) is 1.90. The number of aliphatic hydroxyl groups is 1. The molecule has 0 bridgehead atoms. The summed E-state index contributed by atoms with van der Waals surface area (Å²) in [5.41, 5.74) is 6.96. The number of nitrogens with one attached hydrogen (secondary N) is 2. The maximum Gasteiger partial charge on any atom is 0.222 e. The Morgan fingerprint density at radius 3 is 2.84 bits per heavy atom. The monoisotopic (exact) mass is 415 g/mol. The SMILES string of the molecule is Cn1cc(-c2cccc(Nc3ncnc4c3ccn4Nc3nccn3CCO)c2)cn1. The van der Waals surface area contributed by atoms with Crippen LogP contribution < -0.4 is 10.7 Å². The lowest BCUT2D eigenvalue weighted by atomic mass is 10.1. The molecular weight excluding hydrogens is 394 g/mol. The van der Waals surface area contributed by atoms with Gasteiger partial charge in [0.1, 0.15) is 12.1 Å². The molecule has 0 fully saturated rings. The first-order valence-electron chi connectivity index (χ1n) is 9.78. The van der Waals surface area contributed by atoms with Crippen molar-refractivity contribution in [1.82, 2.24) is 34.0 Å². The lowest BCUT2D eigenvalue weighted by Crippen LogP contribution is -2.14. The Morgan fingerprint density at radius 1 is 1.06 bits per heavy atom. The molecule has 5 aromatic rings. The van der Waals surface area contributed by atoms with Crippen LogP contribution in [-0.4, -0.2) is 45.7 Å². The summed E-state index contributed by atoms with van der Waals surface area (Å²) < 4.78 is 5.39. The topological polar surface area (TPSA) is 111 Å².